The number of halogens is 1. The van der Waals surface area contributed by atoms with Crippen molar-refractivity contribution in [1.29, 1.82) is 0 Å². The van der Waals surface area contributed by atoms with Crippen molar-refractivity contribution >= 4 is 11.6 Å². The Morgan fingerprint density at radius 3 is 2.29 bits per heavy atom. The summed E-state index contributed by atoms with van der Waals surface area (Å²) in [6.07, 6.45) is 5.78. The number of piperidine rings is 2. The maximum atomic E-state index is 11.0. The Morgan fingerprint density at radius 2 is 1.66 bits per heavy atom. The van der Waals surface area contributed by atoms with Crippen LogP contribution in [0.15, 0.2) is 42.5 Å². The Bertz CT molecular complexity index is 1020. The number of hydrogen-bond acceptors (Lipinski definition) is 4. The predicted molar refractivity (Wildman–Crippen MR) is 143 cm³/mol. The highest BCUT2D eigenvalue weighted by molar-refractivity contribution is 6.31. The first-order valence-corrected chi connectivity index (χ1v) is 13.8. The van der Waals surface area contributed by atoms with Crippen molar-refractivity contribution in [3.05, 3.63) is 64.2 Å². The molecule has 1 spiro atoms. The van der Waals surface area contributed by atoms with Crippen LogP contribution in [0.3, 0.4) is 0 Å². The second-order valence-electron chi connectivity index (χ2n) is 11.6. The van der Waals surface area contributed by atoms with E-state index in [9.17, 15) is 5.11 Å². The van der Waals surface area contributed by atoms with Gasteiger partial charge in [0.15, 0.2) is 0 Å². The lowest BCUT2D eigenvalue weighted by Crippen LogP contribution is -2.49. The third-order valence-corrected chi connectivity index (χ3v) is 9.71. The highest BCUT2D eigenvalue weighted by Gasteiger charge is 2.64. The minimum atomic E-state index is -0.566. The van der Waals surface area contributed by atoms with E-state index in [2.05, 4.69) is 54.8 Å². The molecule has 0 radical (unpaired) electrons. The van der Waals surface area contributed by atoms with Gasteiger partial charge in [0.2, 0.25) is 0 Å². The summed E-state index contributed by atoms with van der Waals surface area (Å²) in [5.74, 6) is 0.971. The standard InChI is InChI=1S/C30H41ClN2O2/c1-21(2)35-25-10-8-23(9-11-25)29(4)20-30(29)14-18-32(19-15-30)24-12-16-33(17-13-24)28(34)26-6-5-7-27(31)22(26)3/h5-11,21,24,28,34H,12-20H2,1-4H3. The number of aliphatic hydroxyl groups is 1. The first kappa shape index (κ1) is 25.1. The largest absolute Gasteiger partial charge is 0.491 e. The van der Waals surface area contributed by atoms with E-state index >= 15 is 0 Å². The molecule has 1 saturated carbocycles. The first-order valence-electron chi connectivity index (χ1n) is 13.4. The van der Waals surface area contributed by atoms with Gasteiger partial charge >= 0.3 is 0 Å². The Kier molecular flexibility index (Phi) is 6.95. The summed E-state index contributed by atoms with van der Waals surface area (Å²) in [5.41, 5.74) is 4.16. The number of benzene rings is 2. The Labute approximate surface area is 216 Å². The number of hydrogen-bond donors (Lipinski definition) is 1. The molecule has 35 heavy (non-hydrogen) atoms. The molecule has 5 heteroatoms. The molecule has 3 aliphatic rings. The molecule has 0 bridgehead atoms. The molecule has 0 amide bonds. The number of nitrogens with zero attached hydrogens (tertiary/aromatic N) is 2. The van der Waals surface area contributed by atoms with E-state index in [1.807, 2.05) is 25.1 Å². The number of likely N-dealkylation sites (tertiary alicyclic amines) is 2. The fraction of sp³-hybridized carbons (Fsp3) is 0.600. The lowest BCUT2D eigenvalue weighted by Gasteiger charge is -2.44. The fourth-order valence-corrected chi connectivity index (χ4v) is 7.04. The van der Waals surface area contributed by atoms with E-state index in [1.54, 1.807) is 0 Å². The van der Waals surface area contributed by atoms with Crippen molar-refractivity contribution in [3.8, 4) is 5.75 Å². The maximum Gasteiger partial charge on any atom is 0.133 e. The molecule has 2 saturated heterocycles. The van der Waals surface area contributed by atoms with Crippen LogP contribution in [-0.2, 0) is 5.41 Å². The smallest absolute Gasteiger partial charge is 0.133 e. The summed E-state index contributed by atoms with van der Waals surface area (Å²) in [6.45, 7) is 12.9. The van der Waals surface area contributed by atoms with Gasteiger partial charge in [0.25, 0.3) is 0 Å². The van der Waals surface area contributed by atoms with Crippen LogP contribution in [0.5, 0.6) is 5.75 Å². The summed E-state index contributed by atoms with van der Waals surface area (Å²) in [4.78, 5) is 4.95. The van der Waals surface area contributed by atoms with Crippen LogP contribution in [0, 0.1) is 12.3 Å². The summed E-state index contributed by atoms with van der Waals surface area (Å²) < 4.78 is 5.85. The predicted octanol–water partition coefficient (Wildman–Crippen LogP) is 6.33. The molecule has 190 valence electrons. The van der Waals surface area contributed by atoms with Crippen LogP contribution < -0.4 is 4.74 Å². The lowest BCUT2D eigenvalue weighted by atomic mass is 9.80. The quantitative estimate of drug-likeness (QED) is 0.506. The lowest BCUT2D eigenvalue weighted by molar-refractivity contribution is -0.0311. The van der Waals surface area contributed by atoms with E-state index in [1.165, 1.54) is 37.9 Å². The molecule has 2 aliphatic heterocycles. The van der Waals surface area contributed by atoms with Crippen LogP contribution in [0.25, 0.3) is 0 Å². The van der Waals surface area contributed by atoms with Gasteiger partial charge in [0.1, 0.15) is 12.0 Å². The highest BCUT2D eigenvalue weighted by Crippen LogP contribution is 2.69. The average Bonchev–Trinajstić information content (AvgIpc) is 3.44. The molecular weight excluding hydrogens is 456 g/mol. The molecule has 2 atom stereocenters. The molecule has 3 fully saturated rings. The van der Waals surface area contributed by atoms with Gasteiger partial charge in [-0.1, -0.05) is 42.8 Å². The van der Waals surface area contributed by atoms with Gasteiger partial charge in [-0.05, 0) is 112 Å². The van der Waals surface area contributed by atoms with Crippen molar-refractivity contribution in [2.24, 2.45) is 5.41 Å². The molecular formula is C30H41ClN2O2. The van der Waals surface area contributed by atoms with Crippen LogP contribution >= 0.6 is 11.6 Å². The monoisotopic (exact) mass is 496 g/mol. The number of rotatable bonds is 6. The number of aliphatic hydroxyl groups excluding tert-OH is 1. The van der Waals surface area contributed by atoms with Crippen LogP contribution in [0.1, 0.15) is 75.8 Å². The SMILES string of the molecule is Cc1c(Cl)cccc1C(O)N1CCC(N2CCC3(CC2)CC3(C)c2ccc(OC(C)C)cc2)CC1. The minimum absolute atomic E-state index is 0.212. The minimum Gasteiger partial charge on any atom is -0.491 e. The van der Waals surface area contributed by atoms with Crippen LogP contribution in [0.4, 0.5) is 0 Å². The normalized spacial score (nSPS) is 26.3. The van der Waals surface area contributed by atoms with Crippen molar-refractivity contribution in [2.45, 2.75) is 83.6 Å². The second-order valence-corrected chi connectivity index (χ2v) is 12.0. The van der Waals surface area contributed by atoms with Gasteiger partial charge in [-0.2, -0.15) is 0 Å². The Morgan fingerprint density at radius 1 is 1.00 bits per heavy atom. The maximum absolute atomic E-state index is 11.0. The Balaban J connectivity index is 1.14. The molecule has 2 aromatic carbocycles. The first-order chi connectivity index (χ1) is 16.7. The van der Waals surface area contributed by atoms with E-state index < -0.39 is 6.23 Å². The van der Waals surface area contributed by atoms with Gasteiger partial charge in [0, 0.05) is 24.2 Å². The van der Waals surface area contributed by atoms with E-state index in [0.717, 1.165) is 47.8 Å². The van der Waals surface area contributed by atoms with E-state index in [-0.39, 0.29) is 6.10 Å². The van der Waals surface area contributed by atoms with Gasteiger partial charge in [-0.25, -0.2) is 0 Å². The highest BCUT2D eigenvalue weighted by atomic mass is 35.5. The number of ether oxygens (including phenoxy) is 1. The van der Waals surface area contributed by atoms with Gasteiger partial charge in [-0.3, -0.25) is 4.90 Å². The topological polar surface area (TPSA) is 35.9 Å². The summed E-state index contributed by atoms with van der Waals surface area (Å²) in [5, 5.41) is 11.7. The summed E-state index contributed by atoms with van der Waals surface area (Å²) in [6, 6.07) is 15.3. The molecule has 1 aliphatic carbocycles. The molecule has 1 N–H and O–H groups in total. The zero-order valence-electron chi connectivity index (χ0n) is 21.8. The Hall–Kier alpha value is -1.59. The van der Waals surface area contributed by atoms with Gasteiger partial charge in [-0.15, -0.1) is 0 Å². The van der Waals surface area contributed by atoms with Gasteiger partial charge < -0.3 is 14.7 Å². The second kappa shape index (κ2) is 9.70. The molecule has 4 nitrogen and oxygen atoms in total. The van der Waals surface area contributed by atoms with Crippen molar-refractivity contribution < 1.29 is 9.84 Å². The van der Waals surface area contributed by atoms with Crippen LogP contribution in [-0.4, -0.2) is 53.2 Å². The summed E-state index contributed by atoms with van der Waals surface area (Å²) in [7, 11) is 0. The third-order valence-electron chi connectivity index (χ3n) is 9.30. The van der Waals surface area contributed by atoms with Crippen LogP contribution in [0.2, 0.25) is 5.02 Å². The van der Waals surface area contributed by atoms with Crippen molar-refractivity contribution in [3.63, 3.8) is 0 Å². The van der Waals surface area contributed by atoms with Crippen molar-refractivity contribution in [2.75, 3.05) is 26.2 Å². The summed E-state index contributed by atoms with van der Waals surface area (Å²) >= 11 is 6.29. The molecule has 2 heterocycles. The molecule has 0 aromatic heterocycles. The molecule has 2 unspecified atom stereocenters. The average molecular weight is 497 g/mol. The van der Waals surface area contributed by atoms with Gasteiger partial charge in [0.05, 0.1) is 6.10 Å². The van der Waals surface area contributed by atoms with Crippen molar-refractivity contribution in [1.82, 2.24) is 9.80 Å². The third kappa shape index (κ3) is 4.75. The molecule has 5 rings (SSSR count). The van der Waals surface area contributed by atoms with E-state index in [4.69, 9.17) is 16.3 Å². The van der Waals surface area contributed by atoms with E-state index in [0.29, 0.717) is 16.9 Å². The zero-order chi connectivity index (χ0) is 24.8. The molecule has 2 aromatic rings. The fourth-order valence-electron chi connectivity index (χ4n) is 6.86. The zero-order valence-corrected chi connectivity index (χ0v) is 22.5.